The van der Waals surface area contributed by atoms with Crippen LogP contribution in [0, 0.1) is 0 Å². The molecular formula is C20H28BNO5. The standard InChI is InChI=1S/C20H28BNO5/c1-19(2)20(3,4)27-21(26-19)14-10-8-13(9-11-14)16-12-25-17-7-5-6-15(17)22(16)18(23)24/h8-11,15-17H,5-7,12H2,1-4H3,(H,23,24). The Morgan fingerprint density at radius 1 is 1.11 bits per heavy atom. The molecule has 3 unspecified atom stereocenters. The second-order valence-corrected chi connectivity index (χ2v) is 8.83. The first kappa shape index (κ1) is 18.8. The quantitative estimate of drug-likeness (QED) is 0.808. The lowest BCUT2D eigenvalue weighted by Crippen LogP contribution is -2.52. The third-order valence-electron chi connectivity index (χ3n) is 6.65. The normalized spacial score (nSPS) is 31.8. The monoisotopic (exact) mass is 373 g/mol. The zero-order valence-electron chi connectivity index (χ0n) is 16.5. The fourth-order valence-electron chi connectivity index (χ4n) is 4.33. The summed E-state index contributed by atoms with van der Waals surface area (Å²) in [7, 11) is -0.415. The molecule has 3 aliphatic rings. The number of carboxylic acid groups (broad SMARTS) is 1. The molecule has 3 fully saturated rings. The minimum atomic E-state index is -0.866. The van der Waals surface area contributed by atoms with Crippen LogP contribution in [0.4, 0.5) is 4.79 Å². The lowest BCUT2D eigenvalue weighted by Gasteiger charge is -2.42. The summed E-state index contributed by atoms with van der Waals surface area (Å²) in [6, 6.07) is 7.58. The number of fused-ring (bicyclic) bond motifs is 1. The summed E-state index contributed by atoms with van der Waals surface area (Å²) >= 11 is 0. The van der Waals surface area contributed by atoms with Gasteiger partial charge in [-0.05, 0) is 58.0 Å². The van der Waals surface area contributed by atoms with Gasteiger partial charge in [-0.25, -0.2) is 4.79 Å². The highest BCUT2D eigenvalue weighted by atomic mass is 16.7. The van der Waals surface area contributed by atoms with Gasteiger partial charge < -0.3 is 19.2 Å². The average molecular weight is 373 g/mol. The second kappa shape index (κ2) is 6.50. The Balaban J connectivity index is 1.54. The van der Waals surface area contributed by atoms with E-state index in [9.17, 15) is 9.90 Å². The van der Waals surface area contributed by atoms with E-state index in [2.05, 4.69) is 0 Å². The van der Waals surface area contributed by atoms with E-state index in [1.54, 1.807) is 4.90 Å². The lowest BCUT2D eigenvalue weighted by atomic mass is 9.78. The zero-order chi connectivity index (χ0) is 19.4. The summed E-state index contributed by atoms with van der Waals surface area (Å²) in [6.07, 6.45) is 2.02. The molecule has 7 heteroatoms. The van der Waals surface area contributed by atoms with Crippen LogP contribution in [0.25, 0.3) is 0 Å². The molecule has 1 amide bonds. The molecule has 2 aliphatic heterocycles. The van der Waals surface area contributed by atoms with Gasteiger partial charge in [-0.2, -0.15) is 0 Å². The van der Waals surface area contributed by atoms with Gasteiger partial charge in [0, 0.05) is 0 Å². The molecule has 1 N–H and O–H groups in total. The highest BCUT2D eigenvalue weighted by Crippen LogP contribution is 2.39. The maximum absolute atomic E-state index is 11.9. The van der Waals surface area contributed by atoms with Gasteiger partial charge in [-0.15, -0.1) is 0 Å². The summed E-state index contributed by atoms with van der Waals surface area (Å²) in [5, 5.41) is 9.79. The number of rotatable bonds is 2. The summed E-state index contributed by atoms with van der Waals surface area (Å²) in [5.74, 6) is 0. The molecule has 1 aliphatic carbocycles. The van der Waals surface area contributed by atoms with E-state index in [0.29, 0.717) is 6.61 Å². The van der Waals surface area contributed by atoms with Gasteiger partial charge in [-0.1, -0.05) is 24.3 Å². The molecule has 3 atom stereocenters. The summed E-state index contributed by atoms with van der Waals surface area (Å²) in [6.45, 7) is 8.53. The average Bonchev–Trinajstić information content (AvgIpc) is 3.15. The first-order valence-electron chi connectivity index (χ1n) is 9.78. The van der Waals surface area contributed by atoms with Gasteiger partial charge in [0.25, 0.3) is 0 Å². The van der Waals surface area contributed by atoms with Gasteiger partial charge in [-0.3, -0.25) is 4.90 Å². The minimum Gasteiger partial charge on any atom is -0.465 e. The molecule has 0 spiro atoms. The highest BCUT2D eigenvalue weighted by molar-refractivity contribution is 6.62. The number of carbonyl (C=O) groups is 1. The van der Waals surface area contributed by atoms with Gasteiger partial charge in [0.1, 0.15) is 0 Å². The van der Waals surface area contributed by atoms with Crippen molar-refractivity contribution in [1.29, 1.82) is 0 Å². The molecule has 4 rings (SSSR count). The predicted molar refractivity (Wildman–Crippen MR) is 102 cm³/mol. The van der Waals surface area contributed by atoms with Crippen molar-refractivity contribution in [1.82, 2.24) is 4.90 Å². The molecule has 1 aromatic carbocycles. The fraction of sp³-hybridized carbons (Fsp3) is 0.650. The highest BCUT2D eigenvalue weighted by Gasteiger charge is 2.51. The molecule has 0 bridgehead atoms. The third kappa shape index (κ3) is 3.16. The van der Waals surface area contributed by atoms with Crippen molar-refractivity contribution in [3.63, 3.8) is 0 Å². The summed E-state index contributed by atoms with van der Waals surface area (Å²) < 4.78 is 18.2. The number of nitrogens with zero attached hydrogens (tertiary/aromatic N) is 1. The van der Waals surface area contributed by atoms with Crippen LogP contribution in [0.5, 0.6) is 0 Å². The van der Waals surface area contributed by atoms with Crippen molar-refractivity contribution in [2.45, 2.75) is 76.3 Å². The number of amides is 1. The fourth-order valence-corrected chi connectivity index (χ4v) is 4.33. The van der Waals surface area contributed by atoms with Crippen molar-refractivity contribution in [3.05, 3.63) is 29.8 Å². The van der Waals surface area contributed by atoms with Crippen molar-refractivity contribution in [2.24, 2.45) is 0 Å². The van der Waals surface area contributed by atoms with E-state index in [1.807, 2.05) is 52.0 Å². The SMILES string of the molecule is CC1(C)OB(c2ccc(C3COC4CCCC4N3C(=O)O)cc2)OC1(C)C. The van der Waals surface area contributed by atoms with Gasteiger partial charge >= 0.3 is 13.2 Å². The molecule has 27 heavy (non-hydrogen) atoms. The summed E-state index contributed by atoms with van der Waals surface area (Å²) in [5.41, 5.74) is 1.12. The van der Waals surface area contributed by atoms with Gasteiger partial charge in [0.2, 0.25) is 0 Å². The van der Waals surface area contributed by atoms with Crippen LogP contribution in [0.1, 0.15) is 58.6 Å². The van der Waals surface area contributed by atoms with Crippen LogP contribution in [0.3, 0.4) is 0 Å². The van der Waals surface area contributed by atoms with E-state index in [4.69, 9.17) is 14.0 Å². The smallest absolute Gasteiger partial charge is 0.465 e. The van der Waals surface area contributed by atoms with Crippen LogP contribution in [-0.4, -0.2) is 53.2 Å². The minimum absolute atomic E-state index is 0.0379. The van der Waals surface area contributed by atoms with Crippen molar-refractivity contribution in [3.8, 4) is 0 Å². The Bertz CT molecular complexity index is 704. The second-order valence-electron chi connectivity index (χ2n) is 8.83. The first-order chi connectivity index (χ1) is 12.7. The van der Waals surface area contributed by atoms with Crippen molar-refractivity contribution < 1.29 is 23.9 Å². The predicted octanol–water partition coefficient (Wildman–Crippen LogP) is 2.96. The number of benzene rings is 1. The molecular weight excluding hydrogens is 345 g/mol. The molecule has 0 aromatic heterocycles. The Morgan fingerprint density at radius 2 is 1.74 bits per heavy atom. The first-order valence-corrected chi connectivity index (χ1v) is 9.78. The molecule has 1 saturated carbocycles. The van der Waals surface area contributed by atoms with E-state index >= 15 is 0 Å². The Kier molecular flexibility index (Phi) is 4.52. The molecule has 2 saturated heterocycles. The maximum atomic E-state index is 11.9. The number of morpholine rings is 1. The van der Waals surface area contributed by atoms with Crippen LogP contribution < -0.4 is 5.46 Å². The van der Waals surface area contributed by atoms with Crippen molar-refractivity contribution in [2.75, 3.05) is 6.61 Å². The topological polar surface area (TPSA) is 68.2 Å². The van der Waals surface area contributed by atoms with E-state index in [0.717, 1.165) is 30.3 Å². The molecule has 1 aromatic rings. The number of hydrogen-bond donors (Lipinski definition) is 1. The Labute approximate surface area is 160 Å². The van der Waals surface area contributed by atoms with E-state index in [-0.39, 0.29) is 29.4 Å². The Morgan fingerprint density at radius 3 is 2.33 bits per heavy atom. The van der Waals surface area contributed by atoms with Crippen LogP contribution in [0.2, 0.25) is 0 Å². The van der Waals surface area contributed by atoms with Gasteiger partial charge in [0.15, 0.2) is 0 Å². The zero-order valence-corrected chi connectivity index (χ0v) is 16.5. The lowest BCUT2D eigenvalue weighted by molar-refractivity contribution is -0.0794. The van der Waals surface area contributed by atoms with Crippen LogP contribution >= 0.6 is 0 Å². The maximum Gasteiger partial charge on any atom is 0.494 e. The number of ether oxygens (including phenoxy) is 1. The number of hydrogen-bond acceptors (Lipinski definition) is 4. The summed E-state index contributed by atoms with van der Waals surface area (Å²) in [4.78, 5) is 13.5. The van der Waals surface area contributed by atoms with Gasteiger partial charge in [0.05, 0.1) is 36.0 Å². The molecule has 146 valence electrons. The van der Waals surface area contributed by atoms with E-state index < -0.39 is 13.2 Å². The third-order valence-corrected chi connectivity index (χ3v) is 6.65. The Hall–Kier alpha value is -1.57. The largest absolute Gasteiger partial charge is 0.494 e. The molecule has 6 nitrogen and oxygen atoms in total. The molecule has 0 radical (unpaired) electrons. The van der Waals surface area contributed by atoms with Crippen molar-refractivity contribution >= 4 is 18.7 Å². The molecule has 2 heterocycles. The van der Waals surface area contributed by atoms with Crippen LogP contribution in [0.15, 0.2) is 24.3 Å². The van der Waals surface area contributed by atoms with E-state index in [1.165, 1.54) is 0 Å². The van der Waals surface area contributed by atoms with Crippen LogP contribution in [-0.2, 0) is 14.0 Å².